The predicted molar refractivity (Wildman–Crippen MR) is 59.5 cm³/mol. The molecule has 0 aliphatic carbocycles. The van der Waals surface area contributed by atoms with E-state index >= 15 is 0 Å². The van der Waals surface area contributed by atoms with E-state index in [1.807, 2.05) is 0 Å². The maximum Gasteiger partial charge on any atom is 0.317 e. The first-order chi connectivity index (χ1) is 8.45. The molecule has 1 aliphatic rings. The quantitative estimate of drug-likeness (QED) is 0.729. The summed E-state index contributed by atoms with van der Waals surface area (Å²) in [6, 6.07) is -2.68. The van der Waals surface area contributed by atoms with Crippen LogP contribution in [-0.2, 0) is 9.53 Å². The van der Waals surface area contributed by atoms with Gasteiger partial charge in [0, 0.05) is 5.18 Å². The zero-order chi connectivity index (χ0) is 13.9. The lowest BCUT2D eigenvalue weighted by molar-refractivity contribution is -0.189. The lowest BCUT2D eigenvalue weighted by Crippen LogP contribution is -2.63. The molecule has 5 atom stereocenters. The average molecular weight is 259 g/mol. The third kappa shape index (κ3) is 2.18. The van der Waals surface area contributed by atoms with Crippen molar-refractivity contribution < 1.29 is 14.6 Å². The maximum atomic E-state index is 11.2. The smallest absolute Gasteiger partial charge is 0.317 e. The molecule has 0 radical (unpaired) electrons. The molecule has 1 aliphatic heterocycles. The van der Waals surface area contributed by atoms with Crippen molar-refractivity contribution in [1.29, 1.82) is 0 Å². The van der Waals surface area contributed by atoms with E-state index in [4.69, 9.17) is 4.74 Å². The van der Waals surface area contributed by atoms with Crippen molar-refractivity contribution >= 4 is 5.91 Å². The zero-order valence-corrected chi connectivity index (χ0v) is 9.85. The molecular weight excluding hydrogens is 246 g/mol. The third-order valence-electron chi connectivity index (χ3n) is 3.28. The molecule has 100 valence electrons. The monoisotopic (exact) mass is 259 g/mol. The van der Waals surface area contributed by atoms with Gasteiger partial charge in [0.05, 0.1) is 5.60 Å². The van der Waals surface area contributed by atoms with Crippen LogP contribution in [0.15, 0.2) is 15.5 Å². The fourth-order valence-electron chi connectivity index (χ4n) is 1.99. The van der Waals surface area contributed by atoms with Crippen LogP contribution in [0.25, 0.3) is 0 Å². The number of nitrogens with zero attached hydrogens (tertiary/aromatic N) is 3. The summed E-state index contributed by atoms with van der Waals surface area (Å²) in [5, 5.41) is 17.2. The molecule has 1 amide bonds. The molecule has 0 aromatic carbocycles. The fourth-order valence-corrected chi connectivity index (χ4v) is 1.99. The normalized spacial score (nSPS) is 39.9. The molecule has 0 aromatic heterocycles. The SMILES string of the molecule is CC[C@@]1(C)O[C@H](C(=O)N=O)C(O)[C@H](N=O)C1N=O. The van der Waals surface area contributed by atoms with Crippen molar-refractivity contribution in [3.8, 4) is 0 Å². The number of hydrogen-bond acceptors (Lipinski definition) is 8. The zero-order valence-electron chi connectivity index (χ0n) is 9.85. The largest absolute Gasteiger partial charge is 0.387 e. The molecule has 1 rings (SSSR count). The number of aliphatic hydroxyl groups is 1. The summed E-state index contributed by atoms with van der Waals surface area (Å²) in [6.07, 6.45) is -3.08. The summed E-state index contributed by atoms with van der Waals surface area (Å²) in [7, 11) is 0. The molecule has 1 heterocycles. The van der Waals surface area contributed by atoms with Gasteiger partial charge in [0.15, 0.2) is 6.10 Å². The Morgan fingerprint density at radius 1 is 1.33 bits per heavy atom. The van der Waals surface area contributed by atoms with Crippen molar-refractivity contribution in [3.05, 3.63) is 14.7 Å². The molecule has 1 saturated heterocycles. The van der Waals surface area contributed by atoms with Crippen molar-refractivity contribution in [2.24, 2.45) is 15.5 Å². The Hall–Kier alpha value is -1.61. The van der Waals surface area contributed by atoms with Gasteiger partial charge < -0.3 is 9.84 Å². The molecule has 9 heteroatoms. The minimum absolute atomic E-state index is 0.241. The van der Waals surface area contributed by atoms with Crippen LogP contribution in [0.1, 0.15) is 20.3 Å². The second kappa shape index (κ2) is 5.36. The van der Waals surface area contributed by atoms with E-state index in [9.17, 15) is 24.6 Å². The Morgan fingerprint density at radius 2 is 1.94 bits per heavy atom. The highest BCUT2D eigenvalue weighted by atomic mass is 16.5. The Bertz CT molecular complexity index is 373. The lowest BCUT2D eigenvalue weighted by atomic mass is 9.81. The van der Waals surface area contributed by atoms with Crippen molar-refractivity contribution in [2.45, 2.75) is 50.2 Å². The molecule has 9 nitrogen and oxygen atoms in total. The van der Waals surface area contributed by atoms with Gasteiger partial charge in [-0.15, -0.1) is 4.91 Å². The second-order valence-corrected chi connectivity index (χ2v) is 4.27. The molecule has 0 spiro atoms. The molecule has 1 N–H and O–H groups in total. The number of nitroso groups, excluding NO2 is 3. The number of ether oxygens (including phenoxy) is 1. The van der Waals surface area contributed by atoms with Crippen molar-refractivity contribution in [1.82, 2.24) is 0 Å². The van der Waals surface area contributed by atoms with Gasteiger partial charge in [-0.2, -0.15) is 9.81 Å². The highest BCUT2D eigenvalue weighted by Gasteiger charge is 2.55. The van der Waals surface area contributed by atoms with Gasteiger partial charge in [-0.05, 0) is 13.3 Å². The first-order valence-corrected chi connectivity index (χ1v) is 5.33. The van der Waals surface area contributed by atoms with Crippen LogP contribution in [-0.4, -0.2) is 40.9 Å². The van der Waals surface area contributed by atoms with E-state index < -0.39 is 35.8 Å². The molecule has 1 fully saturated rings. The van der Waals surface area contributed by atoms with E-state index in [-0.39, 0.29) is 6.42 Å². The number of rotatable bonds is 4. The minimum atomic E-state index is -1.71. The van der Waals surface area contributed by atoms with Gasteiger partial charge in [-0.1, -0.05) is 17.3 Å². The Labute approximate surface area is 102 Å². The number of hydrogen-bond donors (Lipinski definition) is 1. The van der Waals surface area contributed by atoms with Gasteiger partial charge in [0.2, 0.25) is 0 Å². The summed E-state index contributed by atoms with van der Waals surface area (Å²) >= 11 is 0. The first-order valence-electron chi connectivity index (χ1n) is 5.33. The van der Waals surface area contributed by atoms with Crippen LogP contribution in [0.5, 0.6) is 0 Å². The van der Waals surface area contributed by atoms with Gasteiger partial charge >= 0.3 is 5.91 Å². The number of aliphatic hydroxyl groups excluding tert-OH is 1. The summed E-state index contributed by atoms with van der Waals surface area (Å²) in [5.74, 6) is -1.25. The number of carbonyl (C=O) groups excluding carboxylic acids is 1. The molecular formula is C9H13N3O6. The second-order valence-electron chi connectivity index (χ2n) is 4.27. The Morgan fingerprint density at radius 3 is 2.33 bits per heavy atom. The highest BCUT2D eigenvalue weighted by molar-refractivity contribution is 5.82. The lowest BCUT2D eigenvalue weighted by Gasteiger charge is -2.44. The van der Waals surface area contributed by atoms with E-state index in [2.05, 4.69) is 15.5 Å². The van der Waals surface area contributed by atoms with E-state index in [0.717, 1.165) is 0 Å². The molecule has 18 heavy (non-hydrogen) atoms. The van der Waals surface area contributed by atoms with Gasteiger partial charge in [0.25, 0.3) is 0 Å². The number of amides is 1. The van der Waals surface area contributed by atoms with Crippen LogP contribution < -0.4 is 0 Å². The number of carbonyl (C=O) groups is 1. The van der Waals surface area contributed by atoms with Gasteiger partial charge in [-0.3, -0.25) is 4.79 Å². The van der Waals surface area contributed by atoms with Gasteiger partial charge in [-0.25, -0.2) is 0 Å². The van der Waals surface area contributed by atoms with Gasteiger partial charge in [0.1, 0.15) is 18.2 Å². The topological polar surface area (TPSA) is 135 Å². The average Bonchev–Trinajstić information content (AvgIpc) is 2.39. The standard InChI is InChI=1S/C9H13N3O6/c1-3-9(2)7(11-16)4(10-15)5(13)6(18-9)8(14)12-17/h4-7,13H,3H2,1-2H3/t4-,5?,6-,7?,9+/m0/s1. The third-order valence-corrected chi connectivity index (χ3v) is 3.28. The van der Waals surface area contributed by atoms with Crippen LogP contribution in [0, 0.1) is 14.7 Å². The molecule has 2 unspecified atom stereocenters. The van der Waals surface area contributed by atoms with Crippen LogP contribution in [0.3, 0.4) is 0 Å². The first kappa shape index (κ1) is 14.5. The van der Waals surface area contributed by atoms with Crippen LogP contribution in [0.2, 0.25) is 0 Å². The molecule has 0 bridgehead atoms. The Balaban J connectivity index is 3.17. The summed E-state index contributed by atoms with van der Waals surface area (Å²) in [6.45, 7) is 3.10. The fraction of sp³-hybridized carbons (Fsp3) is 0.889. The van der Waals surface area contributed by atoms with Crippen LogP contribution >= 0.6 is 0 Å². The van der Waals surface area contributed by atoms with Crippen molar-refractivity contribution in [3.63, 3.8) is 0 Å². The molecule has 0 aromatic rings. The molecule has 0 saturated carbocycles. The Kier molecular flexibility index (Phi) is 4.30. The highest BCUT2D eigenvalue weighted by Crippen LogP contribution is 2.36. The predicted octanol–water partition coefficient (Wildman–Crippen LogP) is 0.478. The summed E-state index contributed by atoms with van der Waals surface area (Å²) < 4.78 is 5.24. The van der Waals surface area contributed by atoms with Crippen molar-refractivity contribution in [2.75, 3.05) is 0 Å². The van der Waals surface area contributed by atoms with E-state index in [1.54, 1.807) is 6.92 Å². The summed E-state index contributed by atoms with van der Waals surface area (Å²) in [5.41, 5.74) is -1.26. The van der Waals surface area contributed by atoms with E-state index in [1.165, 1.54) is 6.92 Å². The maximum absolute atomic E-state index is 11.2. The minimum Gasteiger partial charge on any atom is -0.387 e. The summed E-state index contributed by atoms with van der Waals surface area (Å²) in [4.78, 5) is 42.9. The van der Waals surface area contributed by atoms with Crippen LogP contribution in [0.4, 0.5) is 0 Å². The van der Waals surface area contributed by atoms with E-state index in [0.29, 0.717) is 0 Å².